The first kappa shape index (κ1) is 9.71. The maximum atomic E-state index is 11.3. The third-order valence-electron chi connectivity index (χ3n) is 2.49. The Balaban J connectivity index is 2.81. The van der Waals surface area contributed by atoms with Crippen LogP contribution < -0.4 is 5.69 Å². The lowest BCUT2D eigenvalue weighted by Gasteiger charge is -2.02. The van der Waals surface area contributed by atoms with Crippen LogP contribution in [0.2, 0.25) is 0 Å². The fourth-order valence-corrected chi connectivity index (χ4v) is 1.70. The number of Topliss-reactive ketones (excluding diaryl/α,β-unsaturated/α-hetero) is 1. The maximum absolute atomic E-state index is 11.3. The van der Waals surface area contributed by atoms with Gasteiger partial charge >= 0.3 is 5.69 Å². The van der Waals surface area contributed by atoms with Crippen LogP contribution in [0, 0.1) is 0 Å². The van der Waals surface area contributed by atoms with Crippen LogP contribution in [0.15, 0.2) is 16.9 Å². The van der Waals surface area contributed by atoms with Gasteiger partial charge in [-0.3, -0.25) is 4.79 Å². The van der Waals surface area contributed by atoms with Crippen molar-refractivity contribution in [1.29, 1.82) is 0 Å². The molecular weight excluding hydrogens is 192 g/mol. The Labute approximate surface area is 86.3 Å². The molecule has 0 aliphatic carbocycles. The van der Waals surface area contributed by atoms with E-state index in [9.17, 15) is 9.59 Å². The number of hydrogen-bond donors (Lipinski definition) is 2. The van der Waals surface area contributed by atoms with Crippen LogP contribution in [-0.4, -0.2) is 15.8 Å². The number of fused-ring (bicyclic) bond motifs is 1. The lowest BCUT2D eigenvalue weighted by molar-refractivity contribution is 0.101. The molecule has 4 nitrogen and oxygen atoms in total. The van der Waals surface area contributed by atoms with Crippen LogP contribution in [-0.2, 0) is 6.42 Å². The van der Waals surface area contributed by atoms with Gasteiger partial charge in [0.15, 0.2) is 5.78 Å². The van der Waals surface area contributed by atoms with Crippen LogP contribution in [0.5, 0.6) is 0 Å². The monoisotopic (exact) mass is 204 g/mol. The third-order valence-corrected chi connectivity index (χ3v) is 2.49. The van der Waals surface area contributed by atoms with Gasteiger partial charge in [-0.25, -0.2) is 4.79 Å². The molecule has 0 unspecified atom stereocenters. The molecule has 15 heavy (non-hydrogen) atoms. The predicted molar refractivity (Wildman–Crippen MR) is 58.3 cm³/mol. The standard InChI is InChI=1S/C11H12N2O2/c1-3-7-4-8(6(2)14)5-9-10(7)13-11(15)12-9/h4-5H,3H2,1-2H3,(H2,12,13,15). The number of carbonyl (C=O) groups is 1. The second kappa shape index (κ2) is 3.38. The number of H-pyrrole nitrogens is 2. The second-order valence-corrected chi connectivity index (χ2v) is 3.55. The van der Waals surface area contributed by atoms with Crippen molar-refractivity contribution in [2.75, 3.05) is 0 Å². The van der Waals surface area contributed by atoms with Gasteiger partial charge in [0.1, 0.15) is 0 Å². The van der Waals surface area contributed by atoms with Gasteiger partial charge in [-0.1, -0.05) is 6.92 Å². The lowest BCUT2D eigenvalue weighted by atomic mass is 10.0. The molecule has 1 heterocycles. The van der Waals surface area contributed by atoms with Gasteiger partial charge in [0.25, 0.3) is 0 Å². The Morgan fingerprint density at radius 1 is 1.33 bits per heavy atom. The summed E-state index contributed by atoms with van der Waals surface area (Å²) in [6.07, 6.45) is 0.783. The summed E-state index contributed by atoms with van der Waals surface area (Å²) in [6, 6.07) is 3.53. The minimum absolute atomic E-state index is 0.00801. The lowest BCUT2D eigenvalue weighted by Crippen LogP contribution is -1.99. The number of carbonyl (C=O) groups excluding carboxylic acids is 1. The first-order valence-electron chi connectivity index (χ1n) is 4.87. The average molecular weight is 204 g/mol. The molecule has 1 aromatic heterocycles. The molecule has 0 atom stereocenters. The highest BCUT2D eigenvalue weighted by Crippen LogP contribution is 2.17. The number of benzene rings is 1. The summed E-state index contributed by atoms with van der Waals surface area (Å²) in [5.41, 5.74) is 2.88. The van der Waals surface area contributed by atoms with E-state index in [1.807, 2.05) is 13.0 Å². The van der Waals surface area contributed by atoms with E-state index in [0.29, 0.717) is 11.1 Å². The van der Waals surface area contributed by atoms with Crippen molar-refractivity contribution in [3.63, 3.8) is 0 Å². The van der Waals surface area contributed by atoms with E-state index < -0.39 is 0 Å². The fraction of sp³-hybridized carbons (Fsp3) is 0.273. The van der Waals surface area contributed by atoms with E-state index in [-0.39, 0.29) is 11.5 Å². The van der Waals surface area contributed by atoms with Gasteiger partial charge < -0.3 is 9.97 Å². The Morgan fingerprint density at radius 2 is 2.07 bits per heavy atom. The van der Waals surface area contributed by atoms with Crippen molar-refractivity contribution in [3.05, 3.63) is 33.7 Å². The highest BCUT2D eigenvalue weighted by Gasteiger charge is 2.08. The summed E-state index contributed by atoms with van der Waals surface area (Å²) in [6.45, 7) is 3.51. The minimum Gasteiger partial charge on any atom is -0.306 e. The normalized spacial score (nSPS) is 10.8. The molecule has 0 amide bonds. The number of imidazole rings is 1. The van der Waals surface area contributed by atoms with Crippen LogP contribution in [0.1, 0.15) is 29.8 Å². The molecule has 2 rings (SSSR count). The molecule has 0 saturated heterocycles. The Kier molecular flexibility index (Phi) is 2.19. The van der Waals surface area contributed by atoms with Crippen LogP contribution in [0.3, 0.4) is 0 Å². The molecular formula is C11H12N2O2. The number of rotatable bonds is 2. The van der Waals surface area contributed by atoms with Crippen molar-refractivity contribution in [1.82, 2.24) is 9.97 Å². The van der Waals surface area contributed by atoms with E-state index in [1.165, 1.54) is 6.92 Å². The van der Waals surface area contributed by atoms with Crippen molar-refractivity contribution in [2.24, 2.45) is 0 Å². The molecule has 0 aliphatic heterocycles. The number of aryl methyl sites for hydroxylation is 1. The van der Waals surface area contributed by atoms with Gasteiger partial charge in [-0.15, -0.1) is 0 Å². The topological polar surface area (TPSA) is 65.7 Å². The van der Waals surface area contributed by atoms with E-state index in [4.69, 9.17) is 0 Å². The Morgan fingerprint density at radius 3 is 2.67 bits per heavy atom. The van der Waals surface area contributed by atoms with E-state index in [2.05, 4.69) is 9.97 Å². The number of ketones is 1. The molecule has 1 aromatic carbocycles. The smallest absolute Gasteiger partial charge is 0.306 e. The summed E-state index contributed by atoms with van der Waals surface area (Å²) in [7, 11) is 0. The molecule has 0 spiro atoms. The largest absolute Gasteiger partial charge is 0.323 e. The highest BCUT2D eigenvalue weighted by atomic mass is 16.1. The maximum Gasteiger partial charge on any atom is 0.323 e. The second-order valence-electron chi connectivity index (χ2n) is 3.55. The van der Waals surface area contributed by atoms with Gasteiger partial charge in [-0.05, 0) is 31.0 Å². The number of aromatic nitrogens is 2. The Bertz CT molecular complexity index is 578. The van der Waals surface area contributed by atoms with Crippen LogP contribution >= 0.6 is 0 Å². The zero-order chi connectivity index (χ0) is 11.0. The molecule has 78 valence electrons. The summed E-state index contributed by atoms with van der Waals surface area (Å²) in [5, 5.41) is 0. The predicted octanol–water partition coefficient (Wildman–Crippen LogP) is 1.62. The van der Waals surface area contributed by atoms with Gasteiger partial charge in [0.05, 0.1) is 11.0 Å². The molecule has 0 aliphatic rings. The molecule has 2 N–H and O–H groups in total. The van der Waals surface area contributed by atoms with Gasteiger partial charge in [0.2, 0.25) is 0 Å². The minimum atomic E-state index is -0.236. The number of aromatic amines is 2. The SMILES string of the molecule is CCc1cc(C(C)=O)cc2[nH]c(=O)[nH]c12. The van der Waals surface area contributed by atoms with Gasteiger partial charge in [0, 0.05) is 5.56 Å². The summed E-state index contributed by atoms with van der Waals surface area (Å²) in [4.78, 5) is 27.8. The highest BCUT2D eigenvalue weighted by molar-refractivity contribution is 5.98. The quantitative estimate of drug-likeness (QED) is 0.730. The van der Waals surface area contributed by atoms with Crippen LogP contribution in [0.25, 0.3) is 11.0 Å². The Hall–Kier alpha value is -1.84. The third kappa shape index (κ3) is 1.58. The molecule has 0 bridgehead atoms. The van der Waals surface area contributed by atoms with Crippen LogP contribution in [0.4, 0.5) is 0 Å². The van der Waals surface area contributed by atoms with E-state index in [0.717, 1.165) is 17.5 Å². The van der Waals surface area contributed by atoms with Crippen molar-refractivity contribution < 1.29 is 4.79 Å². The molecule has 2 aromatic rings. The number of hydrogen-bond acceptors (Lipinski definition) is 2. The first-order valence-corrected chi connectivity index (χ1v) is 4.87. The first-order chi connectivity index (χ1) is 7.11. The van der Waals surface area contributed by atoms with Crippen molar-refractivity contribution >= 4 is 16.8 Å². The van der Waals surface area contributed by atoms with E-state index in [1.54, 1.807) is 6.07 Å². The molecule has 0 saturated carbocycles. The average Bonchev–Trinajstić information content (AvgIpc) is 2.56. The summed E-state index contributed by atoms with van der Waals surface area (Å²) < 4.78 is 0. The van der Waals surface area contributed by atoms with Crippen molar-refractivity contribution in [3.8, 4) is 0 Å². The summed E-state index contributed by atoms with van der Waals surface area (Å²) >= 11 is 0. The molecule has 0 fully saturated rings. The molecule has 4 heteroatoms. The van der Waals surface area contributed by atoms with Gasteiger partial charge in [-0.2, -0.15) is 0 Å². The zero-order valence-electron chi connectivity index (χ0n) is 8.68. The summed E-state index contributed by atoms with van der Waals surface area (Å²) in [5.74, 6) is 0.00801. The zero-order valence-corrected chi connectivity index (χ0v) is 8.68. The number of nitrogens with one attached hydrogen (secondary N) is 2. The fourth-order valence-electron chi connectivity index (χ4n) is 1.70. The van der Waals surface area contributed by atoms with Crippen molar-refractivity contribution in [2.45, 2.75) is 20.3 Å². The molecule has 0 radical (unpaired) electrons. The van der Waals surface area contributed by atoms with E-state index >= 15 is 0 Å².